The van der Waals surface area contributed by atoms with E-state index < -0.39 is 0 Å². The van der Waals surface area contributed by atoms with E-state index in [1.54, 1.807) is 7.11 Å². The highest BCUT2D eigenvalue weighted by molar-refractivity contribution is 5.60. The fraction of sp³-hybridized carbons (Fsp3) is 0.923. The van der Waals surface area contributed by atoms with Crippen LogP contribution in [-0.4, -0.2) is 57.2 Å². The lowest BCUT2D eigenvalue weighted by Gasteiger charge is -2.38. The number of methoxy groups -OCH3 is 1. The molecule has 0 radical (unpaired) electrons. The number of hydrogen-bond acceptors (Lipinski definition) is 4. The van der Waals surface area contributed by atoms with Crippen LogP contribution in [0, 0.1) is 5.41 Å². The summed E-state index contributed by atoms with van der Waals surface area (Å²) in [5, 5.41) is 0. The molecule has 1 aliphatic heterocycles. The van der Waals surface area contributed by atoms with Crippen molar-refractivity contribution >= 4 is 6.29 Å². The molecule has 0 bridgehead atoms. The van der Waals surface area contributed by atoms with Crippen LogP contribution < -0.4 is 0 Å². The fourth-order valence-electron chi connectivity index (χ4n) is 2.22. The Balaban J connectivity index is 2.58. The van der Waals surface area contributed by atoms with Gasteiger partial charge in [0.15, 0.2) is 0 Å². The third kappa shape index (κ3) is 4.37. The molecule has 100 valence electrons. The number of hydrogen-bond donors (Lipinski definition) is 0. The molecule has 0 aromatic rings. The average Bonchev–Trinajstić information content (AvgIpc) is 2.35. The van der Waals surface area contributed by atoms with Crippen molar-refractivity contribution in [2.75, 3.05) is 40.0 Å². The van der Waals surface area contributed by atoms with E-state index in [0.717, 1.165) is 32.2 Å². The quantitative estimate of drug-likeness (QED) is 0.633. The van der Waals surface area contributed by atoms with Gasteiger partial charge in [0.25, 0.3) is 0 Å². The molecule has 1 aliphatic rings. The van der Waals surface area contributed by atoms with Gasteiger partial charge < -0.3 is 14.3 Å². The van der Waals surface area contributed by atoms with E-state index in [9.17, 15) is 4.79 Å². The van der Waals surface area contributed by atoms with E-state index in [2.05, 4.69) is 18.7 Å². The van der Waals surface area contributed by atoms with Gasteiger partial charge in [0.2, 0.25) is 0 Å². The Kier molecular flexibility index (Phi) is 6.09. The van der Waals surface area contributed by atoms with Gasteiger partial charge in [-0.25, -0.2) is 0 Å². The smallest absolute Gasteiger partial charge is 0.127 e. The maximum Gasteiger partial charge on any atom is 0.127 e. The summed E-state index contributed by atoms with van der Waals surface area (Å²) in [5.41, 5.74) is -0.212. The Hall–Kier alpha value is -0.450. The largest absolute Gasteiger partial charge is 0.383 e. The van der Waals surface area contributed by atoms with Crippen molar-refractivity contribution in [2.45, 2.75) is 32.7 Å². The van der Waals surface area contributed by atoms with E-state index in [1.807, 2.05) is 0 Å². The number of ether oxygens (including phenoxy) is 2. The third-order valence-corrected chi connectivity index (χ3v) is 3.57. The first-order chi connectivity index (χ1) is 8.13. The van der Waals surface area contributed by atoms with Crippen LogP contribution in [0.2, 0.25) is 0 Å². The zero-order chi connectivity index (χ0) is 12.7. The Morgan fingerprint density at radius 1 is 1.41 bits per heavy atom. The molecule has 0 aromatic heterocycles. The first-order valence-corrected chi connectivity index (χ1v) is 6.40. The molecular weight excluding hydrogens is 218 g/mol. The molecule has 4 nitrogen and oxygen atoms in total. The second-order valence-corrected chi connectivity index (χ2v) is 5.15. The molecule has 17 heavy (non-hydrogen) atoms. The molecule has 0 saturated carbocycles. The summed E-state index contributed by atoms with van der Waals surface area (Å²) in [7, 11) is 1.71. The molecule has 0 aromatic carbocycles. The molecule has 4 heteroatoms. The molecule has 0 spiro atoms. The van der Waals surface area contributed by atoms with Gasteiger partial charge in [0.05, 0.1) is 6.61 Å². The first kappa shape index (κ1) is 14.6. The minimum absolute atomic E-state index is 0.212. The Bertz CT molecular complexity index is 225. The highest BCUT2D eigenvalue weighted by atomic mass is 16.5. The van der Waals surface area contributed by atoms with Crippen LogP contribution >= 0.6 is 0 Å². The van der Waals surface area contributed by atoms with E-state index in [-0.39, 0.29) is 5.41 Å². The lowest BCUT2D eigenvalue weighted by atomic mass is 9.81. The van der Waals surface area contributed by atoms with Crippen molar-refractivity contribution in [3.05, 3.63) is 0 Å². The van der Waals surface area contributed by atoms with Crippen LogP contribution in [0.3, 0.4) is 0 Å². The van der Waals surface area contributed by atoms with Crippen molar-refractivity contribution in [1.29, 1.82) is 0 Å². The van der Waals surface area contributed by atoms with Crippen molar-refractivity contribution in [3.63, 3.8) is 0 Å². The van der Waals surface area contributed by atoms with Crippen LogP contribution in [0.15, 0.2) is 0 Å². The maximum absolute atomic E-state index is 11.4. The molecule has 1 heterocycles. The fourth-order valence-corrected chi connectivity index (χ4v) is 2.22. The van der Waals surface area contributed by atoms with Crippen molar-refractivity contribution in [3.8, 4) is 0 Å². The average molecular weight is 243 g/mol. The van der Waals surface area contributed by atoms with Crippen molar-refractivity contribution < 1.29 is 14.3 Å². The Labute approximate surface area is 104 Å². The predicted molar refractivity (Wildman–Crippen MR) is 67.1 cm³/mol. The molecule has 0 amide bonds. The topological polar surface area (TPSA) is 38.8 Å². The molecule has 0 aliphatic carbocycles. The summed E-state index contributed by atoms with van der Waals surface area (Å²) in [6, 6.07) is 0.435. The van der Waals surface area contributed by atoms with E-state index in [0.29, 0.717) is 25.9 Å². The summed E-state index contributed by atoms with van der Waals surface area (Å²) < 4.78 is 10.5. The Morgan fingerprint density at radius 2 is 2.06 bits per heavy atom. The van der Waals surface area contributed by atoms with E-state index >= 15 is 0 Å². The summed E-state index contributed by atoms with van der Waals surface area (Å²) in [6.45, 7) is 8.14. The number of aldehydes is 1. The number of carbonyl (C=O) groups excluding carboxylic acids is 1. The second kappa shape index (κ2) is 7.09. The molecule has 1 fully saturated rings. The summed E-state index contributed by atoms with van der Waals surface area (Å²) in [5.74, 6) is 0. The maximum atomic E-state index is 11.4. The summed E-state index contributed by atoms with van der Waals surface area (Å²) in [6.07, 6.45) is 2.82. The number of rotatable bonds is 7. The lowest BCUT2D eigenvalue weighted by molar-refractivity contribution is -0.123. The molecule has 0 N–H and O–H groups in total. The molecule has 0 atom stereocenters. The van der Waals surface area contributed by atoms with Gasteiger partial charge in [-0.05, 0) is 26.7 Å². The van der Waals surface area contributed by atoms with E-state index in [4.69, 9.17) is 9.47 Å². The minimum Gasteiger partial charge on any atom is -0.383 e. The minimum atomic E-state index is -0.212. The lowest BCUT2D eigenvalue weighted by Crippen LogP contribution is -2.46. The highest BCUT2D eigenvalue weighted by Crippen LogP contribution is 2.29. The zero-order valence-electron chi connectivity index (χ0n) is 11.3. The Morgan fingerprint density at radius 3 is 2.53 bits per heavy atom. The highest BCUT2D eigenvalue weighted by Gasteiger charge is 2.34. The first-order valence-electron chi connectivity index (χ1n) is 6.40. The zero-order valence-corrected chi connectivity index (χ0v) is 11.3. The predicted octanol–water partition coefficient (Wildman–Crippen LogP) is 1.34. The molecule has 1 saturated heterocycles. The SMILES string of the molecule is COCCN(CC1(C=O)CCOCC1)C(C)C. The van der Waals surface area contributed by atoms with Gasteiger partial charge in [-0.3, -0.25) is 4.90 Å². The van der Waals surface area contributed by atoms with E-state index in [1.165, 1.54) is 0 Å². The molecule has 0 unspecified atom stereocenters. The van der Waals surface area contributed by atoms with Crippen LogP contribution in [0.1, 0.15) is 26.7 Å². The normalized spacial score (nSPS) is 19.8. The monoisotopic (exact) mass is 243 g/mol. The molecule has 1 rings (SSSR count). The van der Waals surface area contributed by atoms with Gasteiger partial charge in [0, 0.05) is 44.9 Å². The van der Waals surface area contributed by atoms with Crippen molar-refractivity contribution in [2.24, 2.45) is 5.41 Å². The van der Waals surface area contributed by atoms with Crippen molar-refractivity contribution in [1.82, 2.24) is 4.90 Å². The summed E-state index contributed by atoms with van der Waals surface area (Å²) >= 11 is 0. The van der Waals surface area contributed by atoms with Crippen LogP contribution in [0.4, 0.5) is 0 Å². The molecular formula is C13H25NO3. The van der Waals surface area contributed by atoms with Gasteiger partial charge in [-0.15, -0.1) is 0 Å². The van der Waals surface area contributed by atoms with Crippen LogP contribution in [0.5, 0.6) is 0 Å². The van der Waals surface area contributed by atoms with Crippen LogP contribution in [-0.2, 0) is 14.3 Å². The third-order valence-electron chi connectivity index (χ3n) is 3.57. The standard InChI is InChI=1S/C13H25NO3/c1-12(2)14(6-9-16-3)10-13(11-15)4-7-17-8-5-13/h11-12H,4-10H2,1-3H3. The number of carbonyl (C=O) groups is 1. The van der Waals surface area contributed by atoms with Gasteiger partial charge >= 0.3 is 0 Å². The summed E-state index contributed by atoms with van der Waals surface area (Å²) in [4.78, 5) is 13.7. The van der Waals surface area contributed by atoms with Gasteiger partial charge in [-0.2, -0.15) is 0 Å². The second-order valence-electron chi connectivity index (χ2n) is 5.15. The van der Waals surface area contributed by atoms with Gasteiger partial charge in [-0.1, -0.05) is 0 Å². The number of nitrogens with zero attached hydrogens (tertiary/aromatic N) is 1. The van der Waals surface area contributed by atoms with Gasteiger partial charge in [0.1, 0.15) is 6.29 Å². The van der Waals surface area contributed by atoms with Crippen LogP contribution in [0.25, 0.3) is 0 Å².